The first kappa shape index (κ1) is 23.2. The summed E-state index contributed by atoms with van der Waals surface area (Å²) in [4.78, 5) is 17.3. The van der Waals surface area contributed by atoms with E-state index in [2.05, 4.69) is 24.1 Å². The molecule has 3 rings (SSSR count). The third-order valence-corrected chi connectivity index (χ3v) is 5.60. The molecule has 0 atom stereocenters. The smallest absolute Gasteiger partial charge is 0.297 e. The molecule has 0 fully saturated rings. The SMILES string of the molecule is CC(C)c1ccc(C=C(C#N)C(=O)Nc2ncc(Cc3cccc(C(F)(F)F)c3)s2)cc1. The minimum Gasteiger partial charge on any atom is -0.297 e. The highest BCUT2D eigenvalue weighted by Gasteiger charge is 2.30. The van der Waals surface area contributed by atoms with Gasteiger partial charge in [-0.3, -0.25) is 10.1 Å². The lowest BCUT2D eigenvalue weighted by atomic mass is 10.0. The third-order valence-electron chi connectivity index (χ3n) is 4.69. The number of alkyl halides is 3. The molecule has 0 aliphatic rings. The average Bonchev–Trinajstić information content (AvgIpc) is 3.18. The van der Waals surface area contributed by atoms with Gasteiger partial charge >= 0.3 is 6.18 Å². The summed E-state index contributed by atoms with van der Waals surface area (Å²) >= 11 is 1.15. The van der Waals surface area contributed by atoms with Gasteiger partial charge in [0.05, 0.1) is 5.56 Å². The predicted molar refractivity (Wildman–Crippen MR) is 119 cm³/mol. The van der Waals surface area contributed by atoms with Crippen molar-refractivity contribution in [1.29, 1.82) is 5.26 Å². The van der Waals surface area contributed by atoms with Crippen LogP contribution in [0.1, 0.15) is 46.9 Å². The summed E-state index contributed by atoms with van der Waals surface area (Å²) in [7, 11) is 0. The number of nitriles is 1. The van der Waals surface area contributed by atoms with Gasteiger partial charge in [-0.15, -0.1) is 11.3 Å². The normalized spacial score (nSPS) is 12.0. The Balaban J connectivity index is 1.69. The highest BCUT2D eigenvalue weighted by Crippen LogP contribution is 2.30. The van der Waals surface area contributed by atoms with E-state index in [0.717, 1.165) is 34.6 Å². The number of halogens is 3. The molecule has 4 nitrogen and oxygen atoms in total. The molecule has 1 N–H and O–H groups in total. The van der Waals surface area contributed by atoms with E-state index in [1.165, 1.54) is 18.3 Å². The first-order chi connectivity index (χ1) is 15.2. The van der Waals surface area contributed by atoms with Crippen molar-refractivity contribution in [3.8, 4) is 6.07 Å². The summed E-state index contributed by atoms with van der Waals surface area (Å²) in [6, 6.07) is 14.6. The van der Waals surface area contributed by atoms with Crippen molar-refractivity contribution in [2.45, 2.75) is 32.4 Å². The molecule has 0 saturated heterocycles. The second-order valence-electron chi connectivity index (χ2n) is 7.45. The van der Waals surface area contributed by atoms with Crippen LogP contribution in [0.3, 0.4) is 0 Å². The first-order valence-corrected chi connectivity index (χ1v) is 10.6. The van der Waals surface area contributed by atoms with Crippen LogP contribution in [0.4, 0.5) is 18.3 Å². The lowest BCUT2D eigenvalue weighted by Crippen LogP contribution is -2.13. The quantitative estimate of drug-likeness (QED) is 0.344. The minimum atomic E-state index is -4.40. The zero-order valence-electron chi connectivity index (χ0n) is 17.4. The molecule has 8 heteroatoms. The van der Waals surface area contributed by atoms with Gasteiger partial charge in [-0.1, -0.05) is 56.3 Å². The molecule has 0 aliphatic carbocycles. The molecule has 0 bridgehead atoms. The lowest BCUT2D eigenvalue weighted by molar-refractivity contribution is -0.137. The molecule has 1 aromatic heterocycles. The number of hydrogen-bond donors (Lipinski definition) is 1. The van der Waals surface area contributed by atoms with Crippen molar-refractivity contribution in [2.75, 3.05) is 5.32 Å². The van der Waals surface area contributed by atoms with Crippen molar-refractivity contribution in [2.24, 2.45) is 0 Å². The van der Waals surface area contributed by atoms with E-state index in [-0.39, 0.29) is 17.1 Å². The third kappa shape index (κ3) is 6.05. The Morgan fingerprint density at radius 2 is 1.94 bits per heavy atom. The second kappa shape index (κ2) is 9.79. The number of nitrogens with one attached hydrogen (secondary N) is 1. The molecule has 1 heterocycles. The Hall–Kier alpha value is -3.44. The van der Waals surface area contributed by atoms with Crippen LogP contribution in [0, 0.1) is 11.3 Å². The highest BCUT2D eigenvalue weighted by molar-refractivity contribution is 7.15. The summed E-state index contributed by atoms with van der Waals surface area (Å²) in [5.74, 6) is -0.220. The van der Waals surface area contributed by atoms with Gasteiger partial charge in [0.2, 0.25) is 0 Å². The summed E-state index contributed by atoms with van der Waals surface area (Å²) in [6.45, 7) is 4.16. The summed E-state index contributed by atoms with van der Waals surface area (Å²) in [6.07, 6.45) is -1.16. The van der Waals surface area contributed by atoms with Crippen molar-refractivity contribution in [3.63, 3.8) is 0 Å². The number of carbonyl (C=O) groups is 1. The van der Waals surface area contributed by atoms with Crippen LogP contribution in [-0.2, 0) is 17.4 Å². The number of carbonyl (C=O) groups excluding carboxylic acids is 1. The molecule has 0 aliphatic heterocycles. The molecule has 0 saturated carbocycles. The van der Waals surface area contributed by atoms with Crippen molar-refractivity contribution in [1.82, 2.24) is 4.98 Å². The summed E-state index contributed by atoms with van der Waals surface area (Å²) in [5.41, 5.74) is 1.59. The Bertz CT molecular complexity index is 1170. The van der Waals surface area contributed by atoms with Crippen molar-refractivity contribution in [3.05, 3.63) is 87.4 Å². The van der Waals surface area contributed by atoms with Gasteiger partial charge in [0.25, 0.3) is 5.91 Å². The fraction of sp³-hybridized carbons (Fsp3) is 0.208. The molecule has 1 amide bonds. The zero-order valence-corrected chi connectivity index (χ0v) is 18.2. The minimum absolute atomic E-state index is 0.0723. The second-order valence-corrected chi connectivity index (χ2v) is 8.57. The van der Waals surface area contributed by atoms with Gasteiger partial charge in [0.15, 0.2) is 5.13 Å². The Morgan fingerprint density at radius 1 is 1.22 bits per heavy atom. The van der Waals surface area contributed by atoms with E-state index < -0.39 is 17.6 Å². The van der Waals surface area contributed by atoms with Crippen LogP contribution in [-0.4, -0.2) is 10.9 Å². The Labute approximate surface area is 188 Å². The number of aromatic nitrogens is 1. The molecule has 0 radical (unpaired) electrons. The Kier molecular flexibility index (Phi) is 7.11. The van der Waals surface area contributed by atoms with E-state index in [0.29, 0.717) is 16.4 Å². The van der Waals surface area contributed by atoms with Gasteiger partial charge in [-0.2, -0.15) is 18.4 Å². The van der Waals surface area contributed by atoms with Crippen molar-refractivity contribution >= 4 is 28.5 Å². The fourth-order valence-corrected chi connectivity index (χ4v) is 3.80. The number of anilines is 1. The molecule has 2 aromatic carbocycles. The topological polar surface area (TPSA) is 65.8 Å². The molecular formula is C24H20F3N3OS. The molecule has 0 unspecified atom stereocenters. The van der Waals surface area contributed by atoms with Crippen LogP contribution in [0.15, 0.2) is 60.3 Å². The van der Waals surface area contributed by atoms with E-state index in [1.807, 2.05) is 30.3 Å². The summed E-state index contributed by atoms with van der Waals surface area (Å²) < 4.78 is 38.7. The maximum absolute atomic E-state index is 12.9. The predicted octanol–water partition coefficient (Wildman–Crippen LogP) is 6.42. The lowest BCUT2D eigenvalue weighted by Gasteiger charge is -2.07. The van der Waals surface area contributed by atoms with Crippen LogP contribution >= 0.6 is 11.3 Å². The van der Waals surface area contributed by atoms with Gasteiger partial charge < -0.3 is 0 Å². The average molecular weight is 456 g/mol. The van der Waals surface area contributed by atoms with E-state index in [4.69, 9.17) is 0 Å². The van der Waals surface area contributed by atoms with Crippen LogP contribution < -0.4 is 5.32 Å². The van der Waals surface area contributed by atoms with E-state index in [1.54, 1.807) is 6.07 Å². The number of amides is 1. The zero-order chi connectivity index (χ0) is 23.3. The van der Waals surface area contributed by atoms with E-state index >= 15 is 0 Å². The molecule has 164 valence electrons. The van der Waals surface area contributed by atoms with Gasteiger partial charge in [0.1, 0.15) is 11.6 Å². The molecular weight excluding hydrogens is 435 g/mol. The monoisotopic (exact) mass is 455 g/mol. The standard InChI is InChI=1S/C24H20F3N3OS/c1-15(2)18-8-6-16(7-9-18)10-19(13-28)22(31)30-23-29-14-21(32-23)12-17-4-3-5-20(11-17)24(25,26)27/h3-11,14-15H,12H2,1-2H3,(H,29,30,31). The largest absolute Gasteiger partial charge is 0.416 e. The Morgan fingerprint density at radius 3 is 2.56 bits per heavy atom. The molecule has 0 spiro atoms. The number of thiazole rings is 1. The van der Waals surface area contributed by atoms with Crippen LogP contribution in [0.2, 0.25) is 0 Å². The van der Waals surface area contributed by atoms with Gasteiger partial charge in [0, 0.05) is 17.5 Å². The first-order valence-electron chi connectivity index (χ1n) is 9.79. The molecule has 3 aromatic rings. The fourth-order valence-electron chi connectivity index (χ4n) is 2.96. The van der Waals surface area contributed by atoms with Crippen LogP contribution in [0.25, 0.3) is 6.08 Å². The van der Waals surface area contributed by atoms with Gasteiger partial charge in [-0.25, -0.2) is 4.98 Å². The summed E-state index contributed by atoms with van der Waals surface area (Å²) in [5, 5.41) is 12.2. The molecule has 32 heavy (non-hydrogen) atoms. The number of benzene rings is 2. The van der Waals surface area contributed by atoms with Gasteiger partial charge in [-0.05, 0) is 34.8 Å². The van der Waals surface area contributed by atoms with E-state index in [9.17, 15) is 23.2 Å². The maximum atomic E-state index is 12.9. The van der Waals surface area contributed by atoms with Crippen LogP contribution in [0.5, 0.6) is 0 Å². The number of hydrogen-bond acceptors (Lipinski definition) is 4. The van der Waals surface area contributed by atoms with Crippen molar-refractivity contribution < 1.29 is 18.0 Å². The number of rotatable bonds is 6. The number of nitrogens with zero attached hydrogens (tertiary/aromatic N) is 2. The maximum Gasteiger partial charge on any atom is 0.416 e. The highest BCUT2D eigenvalue weighted by atomic mass is 32.1.